The average Bonchev–Trinajstić information content (AvgIpc) is 2.52. The van der Waals surface area contributed by atoms with Crippen LogP contribution in [-0.2, 0) is 0 Å². The van der Waals surface area contributed by atoms with E-state index in [1.54, 1.807) is 17.2 Å². The molecule has 0 atom stereocenters. The number of rotatable bonds is 6. The summed E-state index contributed by atoms with van der Waals surface area (Å²) in [5.41, 5.74) is 0.941. The maximum atomic E-state index is 12.7. The Bertz CT molecular complexity index is 516. The Kier molecular flexibility index (Phi) is 7.44. The zero-order valence-electron chi connectivity index (χ0n) is 12.5. The van der Waals surface area contributed by atoms with Crippen molar-refractivity contribution in [1.82, 2.24) is 9.88 Å². The van der Waals surface area contributed by atoms with Crippen LogP contribution in [0.25, 0.3) is 0 Å². The lowest BCUT2D eigenvalue weighted by Crippen LogP contribution is -2.41. The first-order chi connectivity index (χ1) is 10.2. The smallest absolute Gasteiger partial charge is 0.255 e. The van der Waals surface area contributed by atoms with Crippen molar-refractivity contribution in [3.63, 3.8) is 0 Å². The fourth-order valence-corrected chi connectivity index (χ4v) is 2.26. The van der Waals surface area contributed by atoms with E-state index in [9.17, 15) is 9.90 Å². The monoisotopic (exact) mass is 290 g/mol. The first-order valence-electron chi connectivity index (χ1n) is 7.15. The van der Waals surface area contributed by atoms with Crippen molar-refractivity contribution >= 4 is 5.91 Å². The zero-order valence-corrected chi connectivity index (χ0v) is 12.5. The third kappa shape index (κ3) is 4.55. The van der Waals surface area contributed by atoms with Gasteiger partial charge in [0.2, 0.25) is 0 Å². The van der Waals surface area contributed by atoms with Gasteiger partial charge in [-0.05, 0) is 18.9 Å². The number of aromatic nitrogens is 1. The van der Waals surface area contributed by atoms with E-state index < -0.39 is 0 Å². The molecule has 0 aliphatic carbocycles. The lowest BCUT2D eigenvalue weighted by atomic mass is 10.1. The van der Waals surface area contributed by atoms with Crippen molar-refractivity contribution in [2.24, 2.45) is 0 Å². The Labute approximate surface area is 125 Å². The van der Waals surface area contributed by atoms with Crippen LogP contribution in [0.1, 0.15) is 42.6 Å². The van der Waals surface area contributed by atoms with Crippen LogP contribution in [0.2, 0.25) is 0 Å². The van der Waals surface area contributed by atoms with Crippen LogP contribution in [-0.4, -0.2) is 51.8 Å². The van der Waals surface area contributed by atoms with Gasteiger partial charge in [0.15, 0.2) is 0 Å². The molecule has 0 saturated carbocycles. The summed E-state index contributed by atoms with van der Waals surface area (Å²) in [6.45, 7) is 3.98. The summed E-state index contributed by atoms with van der Waals surface area (Å²) in [5.74, 6) is 5.11. The Balaban J connectivity index is 3.14. The number of amides is 1. The highest BCUT2D eigenvalue weighted by Crippen LogP contribution is 2.15. The summed E-state index contributed by atoms with van der Waals surface area (Å²) in [7, 11) is 0. The van der Waals surface area contributed by atoms with E-state index in [-0.39, 0.29) is 25.2 Å². The molecule has 5 heteroatoms. The molecule has 0 bridgehead atoms. The highest BCUT2D eigenvalue weighted by molar-refractivity contribution is 5.96. The van der Waals surface area contributed by atoms with Crippen LogP contribution in [0.4, 0.5) is 0 Å². The van der Waals surface area contributed by atoms with Crippen LogP contribution in [0, 0.1) is 11.8 Å². The molecule has 2 N–H and O–H groups in total. The fourth-order valence-electron chi connectivity index (χ4n) is 2.26. The highest BCUT2D eigenvalue weighted by atomic mass is 16.3. The van der Waals surface area contributed by atoms with Gasteiger partial charge in [-0.2, -0.15) is 0 Å². The Morgan fingerprint density at radius 3 is 2.67 bits per heavy atom. The van der Waals surface area contributed by atoms with Crippen molar-refractivity contribution in [2.75, 3.05) is 19.8 Å². The van der Waals surface area contributed by atoms with Crippen molar-refractivity contribution in [2.45, 2.75) is 32.7 Å². The molecule has 0 aromatic carbocycles. The minimum Gasteiger partial charge on any atom is -0.395 e. The second-order valence-corrected chi connectivity index (χ2v) is 4.57. The largest absolute Gasteiger partial charge is 0.395 e. The third-order valence-electron chi connectivity index (χ3n) is 3.34. The van der Waals surface area contributed by atoms with E-state index in [0.29, 0.717) is 17.7 Å². The van der Waals surface area contributed by atoms with E-state index >= 15 is 0 Å². The molecule has 1 heterocycles. The number of hydrogen-bond donors (Lipinski definition) is 2. The minimum absolute atomic E-state index is 0.0784. The van der Waals surface area contributed by atoms with E-state index in [4.69, 9.17) is 5.11 Å². The maximum Gasteiger partial charge on any atom is 0.255 e. The fraction of sp³-hybridized carbons (Fsp3) is 0.500. The molecule has 5 nitrogen and oxygen atoms in total. The van der Waals surface area contributed by atoms with Gasteiger partial charge in [0.25, 0.3) is 5.91 Å². The van der Waals surface area contributed by atoms with E-state index in [1.807, 2.05) is 13.8 Å². The molecule has 1 aromatic rings. The predicted octanol–water partition coefficient (Wildman–Crippen LogP) is 1.05. The summed E-state index contributed by atoms with van der Waals surface area (Å²) < 4.78 is 0. The molecule has 114 valence electrons. The Morgan fingerprint density at radius 1 is 1.38 bits per heavy atom. The molecule has 1 aromatic heterocycles. The molecule has 1 rings (SSSR count). The predicted molar refractivity (Wildman–Crippen MR) is 80.7 cm³/mol. The van der Waals surface area contributed by atoms with Crippen LogP contribution >= 0.6 is 0 Å². The van der Waals surface area contributed by atoms with Crippen molar-refractivity contribution in [3.8, 4) is 11.8 Å². The van der Waals surface area contributed by atoms with Crippen LogP contribution in [0.3, 0.4) is 0 Å². The summed E-state index contributed by atoms with van der Waals surface area (Å²) in [6.07, 6.45) is 4.71. The molecule has 0 fully saturated rings. The number of aliphatic hydroxyl groups is 2. The van der Waals surface area contributed by atoms with Crippen molar-refractivity contribution < 1.29 is 15.0 Å². The van der Waals surface area contributed by atoms with Gasteiger partial charge < -0.3 is 15.1 Å². The topological polar surface area (TPSA) is 73.7 Å². The second kappa shape index (κ2) is 9.11. The van der Waals surface area contributed by atoms with Gasteiger partial charge >= 0.3 is 0 Å². The number of hydrogen-bond acceptors (Lipinski definition) is 4. The van der Waals surface area contributed by atoms with Crippen molar-refractivity contribution in [3.05, 3.63) is 29.6 Å². The minimum atomic E-state index is -0.268. The van der Waals surface area contributed by atoms with Gasteiger partial charge in [0.1, 0.15) is 6.61 Å². The van der Waals surface area contributed by atoms with Crippen LogP contribution in [0.15, 0.2) is 18.5 Å². The molecule has 0 saturated heterocycles. The van der Waals surface area contributed by atoms with Gasteiger partial charge in [0, 0.05) is 25.0 Å². The van der Waals surface area contributed by atoms with Crippen molar-refractivity contribution in [1.29, 1.82) is 0 Å². The van der Waals surface area contributed by atoms with Gasteiger partial charge in [-0.1, -0.05) is 25.7 Å². The molecule has 1 amide bonds. The average molecular weight is 290 g/mol. The normalized spacial score (nSPS) is 10.1. The molecule has 0 aliphatic heterocycles. The molecular formula is C16H22N2O3. The number of nitrogens with zero attached hydrogens (tertiary/aromatic N) is 2. The third-order valence-corrected chi connectivity index (χ3v) is 3.34. The van der Waals surface area contributed by atoms with Crippen LogP contribution in [0.5, 0.6) is 0 Å². The number of aliphatic hydroxyl groups excluding tert-OH is 2. The molecule has 0 aliphatic rings. The highest BCUT2D eigenvalue weighted by Gasteiger charge is 2.23. The summed E-state index contributed by atoms with van der Waals surface area (Å²) in [6, 6.07) is 1.70. The van der Waals surface area contributed by atoms with E-state index in [1.165, 1.54) is 6.20 Å². The lowest BCUT2D eigenvalue weighted by molar-refractivity contribution is 0.0622. The number of carbonyl (C=O) groups is 1. The SMILES string of the molecule is CCC(CC)N(CCO)C(=O)c1ccncc1C#CCO. The molecule has 0 unspecified atom stereocenters. The number of pyridine rings is 1. The first-order valence-corrected chi connectivity index (χ1v) is 7.15. The summed E-state index contributed by atoms with van der Waals surface area (Å²) in [4.78, 5) is 18.4. The standard InChI is InChI=1S/C16H22N2O3/c1-3-14(4-2)18(9-11-20)16(21)15-7-8-17-12-13(15)6-5-10-19/h7-8,12,14,19-20H,3-4,9-11H2,1-2H3. The quantitative estimate of drug-likeness (QED) is 0.768. The second-order valence-electron chi connectivity index (χ2n) is 4.57. The van der Waals surface area contributed by atoms with Gasteiger partial charge in [-0.25, -0.2) is 0 Å². The molecule has 21 heavy (non-hydrogen) atoms. The lowest BCUT2D eigenvalue weighted by Gasteiger charge is -2.30. The van der Waals surface area contributed by atoms with Gasteiger partial charge in [-0.15, -0.1) is 0 Å². The summed E-state index contributed by atoms with van der Waals surface area (Å²) >= 11 is 0. The molecule has 0 spiro atoms. The summed E-state index contributed by atoms with van der Waals surface area (Å²) in [5, 5.41) is 18.0. The first kappa shape index (κ1) is 17.2. The Morgan fingerprint density at radius 2 is 2.10 bits per heavy atom. The van der Waals surface area contributed by atoms with Crippen LogP contribution < -0.4 is 0 Å². The van der Waals surface area contributed by atoms with E-state index in [0.717, 1.165) is 12.8 Å². The molecule has 0 radical (unpaired) electrons. The zero-order chi connectivity index (χ0) is 15.7. The maximum absolute atomic E-state index is 12.7. The Hall–Kier alpha value is -1.90. The van der Waals surface area contributed by atoms with Gasteiger partial charge in [-0.3, -0.25) is 9.78 Å². The molecular weight excluding hydrogens is 268 g/mol. The van der Waals surface area contributed by atoms with Gasteiger partial charge in [0.05, 0.1) is 17.7 Å². The van der Waals surface area contributed by atoms with E-state index in [2.05, 4.69) is 16.8 Å². The number of carbonyl (C=O) groups excluding carboxylic acids is 1.